The molecule has 0 unspecified atom stereocenters. The van der Waals surface area contributed by atoms with Gasteiger partial charge in [0.25, 0.3) is 5.91 Å². The van der Waals surface area contributed by atoms with Gasteiger partial charge in [-0.05, 0) is 36.2 Å². The fraction of sp³-hybridized carbons (Fsp3) is 0.235. The van der Waals surface area contributed by atoms with E-state index in [1.54, 1.807) is 25.1 Å². The maximum Gasteiger partial charge on any atom is 0.416 e. The zero-order chi connectivity index (χ0) is 17.0. The third-order valence-electron chi connectivity index (χ3n) is 3.47. The van der Waals surface area contributed by atoms with Crippen LogP contribution in [0.1, 0.15) is 33.2 Å². The first-order valence-corrected chi connectivity index (χ1v) is 6.98. The van der Waals surface area contributed by atoms with Gasteiger partial charge in [-0.1, -0.05) is 30.3 Å². The van der Waals surface area contributed by atoms with Crippen LogP contribution in [-0.4, -0.2) is 17.6 Å². The Labute approximate surface area is 131 Å². The highest BCUT2D eigenvalue weighted by Gasteiger charge is 2.30. The van der Waals surface area contributed by atoms with E-state index in [0.29, 0.717) is 11.1 Å². The number of aliphatic hydroxyl groups is 1. The van der Waals surface area contributed by atoms with Crippen molar-refractivity contribution in [1.82, 2.24) is 5.32 Å². The second kappa shape index (κ2) is 6.83. The molecule has 122 valence electrons. The lowest BCUT2D eigenvalue weighted by molar-refractivity contribution is -0.137. The molecule has 23 heavy (non-hydrogen) atoms. The Bertz CT molecular complexity index is 681. The van der Waals surface area contributed by atoms with Crippen molar-refractivity contribution < 1.29 is 23.1 Å². The number of hydrogen-bond donors (Lipinski definition) is 2. The first-order valence-electron chi connectivity index (χ1n) is 6.98. The summed E-state index contributed by atoms with van der Waals surface area (Å²) in [4.78, 5) is 12.0. The van der Waals surface area contributed by atoms with Gasteiger partial charge >= 0.3 is 6.18 Å². The number of aryl methyl sites for hydroxylation is 1. The molecule has 0 spiro atoms. The topological polar surface area (TPSA) is 49.3 Å². The molecule has 0 radical (unpaired) electrons. The van der Waals surface area contributed by atoms with E-state index in [9.17, 15) is 23.1 Å². The lowest BCUT2D eigenvalue weighted by Crippen LogP contribution is -2.28. The molecular weight excluding hydrogens is 307 g/mol. The predicted molar refractivity (Wildman–Crippen MR) is 79.9 cm³/mol. The summed E-state index contributed by atoms with van der Waals surface area (Å²) in [6.45, 7) is 1.71. The van der Waals surface area contributed by atoms with E-state index >= 15 is 0 Å². The van der Waals surface area contributed by atoms with Gasteiger partial charge in [0.1, 0.15) is 0 Å². The van der Waals surface area contributed by atoms with Gasteiger partial charge in [-0.15, -0.1) is 0 Å². The molecule has 1 amide bonds. The van der Waals surface area contributed by atoms with E-state index in [1.165, 1.54) is 12.1 Å². The summed E-state index contributed by atoms with van der Waals surface area (Å²) in [6, 6.07) is 11.2. The predicted octanol–water partition coefficient (Wildman–Crippen LogP) is 3.48. The Morgan fingerprint density at radius 1 is 1.13 bits per heavy atom. The van der Waals surface area contributed by atoms with Gasteiger partial charge in [0, 0.05) is 12.1 Å². The van der Waals surface area contributed by atoms with Crippen LogP contribution in [0.2, 0.25) is 0 Å². The Kier molecular flexibility index (Phi) is 5.05. The summed E-state index contributed by atoms with van der Waals surface area (Å²) in [5, 5.41) is 12.6. The zero-order valence-electron chi connectivity index (χ0n) is 12.4. The average Bonchev–Trinajstić information content (AvgIpc) is 2.52. The molecule has 0 saturated heterocycles. The van der Waals surface area contributed by atoms with Crippen LogP contribution >= 0.6 is 0 Å². The number of nitrogens with one attached hydrogen (secondary N) is 1. The van der Waals surface area contributed by atoms with Crippen LogP contribution in [0.3, 0.4) is 0 Å². The van der Waals surface area contributed by atoms with Gasteiger partial charge in [0.05, 0.1) is 11.7 Å². The quantitative estimate of drug-likeness (QED) is 0.905. The van der Waals surface area contributed by atoms with Crippen molar-refractivity contribution in [3.05, 3.63) is 70.8 Å². The first kappa shape index (κ1) is 17.0. The number of rotatable bonds is 4. The number of carbonyl (C=O) groups is 1. The fourth-order valence-corrected chi connectivity index (χ4v) is 2.12. The lowest BCUT2D eigenvalue weighted by atomic mass is 10.1. The number of carbonyl (C=O) groups excluding carboxylic acids is 1. The SMILES string of the molecule is Cc1ccccc1C(=O)NC[C@H](O)c1ccc(C(F)(F)F)cc1. The number of aliphatic hydroxyl groups excluding tert-OH is 1. The number of alkyl halides is 3. The van der Waals surface area contributed by atoms with Crippen molar-refractivity contribution in [3.8, 4) is 0 Å². The molecule has 2 aromatic rings. The van der Waals surface area contributed by atoms with Crippen LogP contribution in [0, 0.1) is 6.92 Å². The highest BCUT2D eigenvalue weighted by atomic mass is 19.4. The molecular formula is C17H16F3NO2. The van der Waals surface area contributed by atoms with Crippen LogP contribution in [0.15, 0.2) is 48.5 Å². The minimum absolute atomic E-state index is 0.0848. The van der Waals surface area contributed by atoms with E-state index in [-0.39, 0.29) is 12.5 Å². The normalized spacial score (nSPS) is 12.7. The van der Waals surface area contributed by atoms with E-state index < -0.39 is 17.8 Å². The summed E-state index contributed by atoms with van der Waals surface area (Å²) in [5.74, 6) is -0.339. The molecule has 0 aliphatic carbocycles. The smallest absolute Gasteiger partial charge is 0.387 e. The molecule has 2 aromatic carbocycles. The molecule has 0 heterocycles. The highest BCUT2D eigenvalue weighted by molar-refractivity contribution is 5.95. The Hall–Kier alpha value is -2.34. The molecule has 1 atom stereocenters. The Morgan fingerprint density at radius 3 is 2.30 bits per heavy atom. The first-order chi connectivity index (χ1) is 10.8. The van der Waals surface area contributed by atoms with Gasteiger partial charge in [-0.2, -0.15) is 13.2 Å². The second-order valence-corrected chi connectivity index (χ2v) is 5.16. The van der Waals surface area contributed by atoms with Crippen molar-refractivity contribution in [2.45, 2.75) is 19.2 Å². The van der Waals surface area contributed by atoms with E-state index in [2.05, 4.69) is 5.32 Å². The van der Waals surface area contributed by atoms with Crippen molar-refractivity contribution in [2.24, 2.45) is 0 Å². The third kappa shape index (κ3) is 4.32. The van der Waals surface area contributed by atoms with Crippen LogP contribution < -0.4 is 5.32 Å². The van der Waals surface area contributed by atoms with Crippen molar-refractivity contribution in [2.75, 3.05) is 6.54 Å². The fourth-order valence-electron chi connectivity index (χ4n) is 2.12. The molecule has 2 rings (SSSR count). The standard InChI is InChI=1S/C17H16F3NO2/c1-11-4-2-3-5-14(11)16(23)21-10-15(22)12-6-8-13(9-7-12)17(18,19)20/h2-9,15,22H,10H2,1H3,(H,21,23)/t15-/m0/s1. The molecule has 0 fully saturated rings. The summed E-state index contributed by atoms with van der Waals surface area (Å²) in [5.41, 5.74) is 0.821. The lowest BCUT2D eigenvalue weighted by Gasteiger charge is -2.14. The Morgan fingerprint density at radius 2 is 1.74 bits per heavy atom. The molecule has 2 N–H and O–H groups in total. The largest absolute Gasteiger partial charge is 0.416 e. The van der Waals surface area contributed by atoms with E-state index in [0.717, 1.165) is 17.7 Å². The van der Waals surface area contributed by atoms with E-state index in [1.807, 2.05) is 6.07 Å². The van der Waals surface area contributed by atoms with Gasteiger partial charge in [0.2, 0.25) is 0 Å². The number of amides is 1. The minimum atomic E-state index is -4.41. The molecule has 0 aliphatic rings. The van der Waals surface area contributed by atoms with Gasteiger partial charge < -0.3 is 10.4 Å². The van der Waals surface area contributed by atoms with Crippen molar-refractivity contribution in [1.29, 1.82) is 0 Å². The maximum atomic E-state index is 12.5. The minimum Gasteiger partial charge on any atom is -0.387 e. The molecule has 0 aromatic heterocycles. The summed E-state index contributed by atoms with van der Waals surface area (Å²) >= 11 is 0. The van der Waals surface area contributed by atoms with E-state index in [4.69, 9.17) is 0 Å². The highest BCUT2D eigenvalue weighted by Crippen LogP contribution is 2.29. The average molecular weight is 323 g/mol. The number of halogens is 3. The number of hydrogen-bond acceptors (Lipinski definition) is 2. The van der Waals surface area contributed by atoms with Gasteiger partial charge in [-0.3, -0.25) is 4.79 Å². The van der Waals surface area contributed by atoms with Crippen LogP contribution in [-0.2, 0) is 6.18 Å². The van der Waals surface area contributed by atoms with Crippen LogP contribution in [0.4, 0.5) is 13.2 Å². The summed E-state index contributed by atoms with van der Waals surface area (Å²) < 4.78 is 37.4. The number of benzene rings is 2. The van der Waals surface area contributed by atoms with Crippen LogP contribution in [0.5, 0.6) is 0 Å². The monoisotopic (exact) mass is 323 g/mol. The maximum absolute atomic E-state index is 12.5. The molecule has 6 heteroatoms. The van der Waals surface area contributed by atoms with Crippen molar-refractivity contribution >= 4 is 5.91 Å². The summed E-state index contributed by atoms with van der Waals surface area (Å²) in [6.07, 6.45) is -5.49. The van der Waals surface area contributed by atoms with Gasteiger partial charge in [0.15, 0.2) is 0 Å². The Balaban J connectivity index is 1.98. The third-order valence-corrected chi connectivity index (χ3v) is 3.47. The molecule has 0 aliphatic heterocycles. The van der Waals surface area contributed by atoms with Crippen molar-refractivity contribution in [3.63, 3.8) is 0 Å². The van der Waals surface area contributed by atoms with Gasteiger partial charge in [-0.25, -0.2) is 0 Å². The zero-order valence-corrected chi connectivity index (χ0v) is 12.4. The second-order valence-electron chi connectivity index (χ2n) is 5.16. The molecule has 3 nitrogen and oxygen atoms in total. The molecule has 0 bridgehead atoms. The van der Waals surface area contributed by atoms with Crippen LogP contribution in [0.25, 0.3) is 0 Å². The molecule has 0 saturated carbocycles. The summed E-state index contributed by atoms with van der Waals surface area (Å²) in [7, 11) is 0.